The van der Waals surface area contributed by atoms with Gasteiger partial charge in [-0.05, 0) is 25.8 Å². The molecule has 0 heterocycles. The molecule has 0 spiro atoms. The lowest BCUT2D eigenvalue weighted by atomic mass is 9.98. The fourth-order valence-corrected chi connectivity index (χ4v) is 2.81. The Hall–Kier alpha value is -2.95. The van der Waals surface area contributed by atoms with E-state index in [-0.39, 0.29) is 31.1 Å². The molecule has 0 radical (unpaired) electrons. The molecule has 2 aromatic carbocycles. The molecule has 5 heteroatoms. The number of nitrogens with one attached hydrogen (secondary N) is 1. The number of carboxylic acids is 1. The molecule has 2 aromatic rings. The number of Topliss-reactive ketones (excluding diaryl/α,β-unsaturated/α-hetero) is 1. The van der Waals surface area contributed by atoms with E-state index >= 15 is 0 Å². The second kappa shape index (κ2) is 9.67. The van der Waals surface area contributed by atoms with Crippen molar-refractivity contribution in [2.45, 2.75) is 33.1 Å². The van der Waals surface area contributed by atoms with Gasteiger partial charge in [-0.15, -0.1) is 0 Å². The number of aryl methyl sites for hydroxylation is 2. The van der Waals surface area contributed by atoms with E-state index < -0.39 is 11.9 Å². The summed E-state index contributed by atoms with van der Waals surface area (Å²) in [5.74, 6) is -2.07. The number of carbonyl (C=O) groups excluding carboxylic acids is 2. The van der Waals surface area contributed by atoms with Crippen molar-refractivity contribution in [1.29, 1.82) is 0 Å². The number of hydrogen-bond donors (Lipinski definition) is 2. The first kappa shape index (κ1) is 20.4. The maximum absolute atomic E-state index is 12.1. The number of rotatable bonds is 9. The van der Waals surface area contributed by atoms with Crippen LogP contribution in [0.4, 0.5) is 0 Å². The van der Waals surface area contributed by atoms with Gasteiger partial charge >= 0.3 is 5.97 Å². The van der Waals surface area contributed by atoms with E-state index in [9.17, 15) is 19.5 Å². The molecule has 1 amide bonds. The van der Waals surface area contributed by atoms with Gasteiger partial charge in [0.1, 0.15) is 0 Å². The molecule has 27 heavy (non-hydrogen) atoms. The smallest absolute Gasteiger partial charge is 0.308 e. The summed E-state index contributed by atoms with van der Waals surface area (Å²) < 4.78 is 0. The lowest BCUT2D eigenvalue weighted by Gasteiger charge is -2.14. The van der Waals surface area contributed by atoms with Crippen LogP contribution in [0.5, 0.6) is 0 Å². The first-order valence-corrected chi connectivity index (χ1v) is 9.00. The highest BCUT2D eigenvalue weighted by atomic mass is 16.4. The van der Waals surface area contributed by atoms with Crippen molar-refractivity contribution in [2.75, 3.05) is 6.54 Å². The van der Waals surface area contributed by atoms with Crippen molar-refractivity contribution in [3.05, 3.63) is 70.8 Å². The molecule has 0 saturated heterocycles. The largest absolute Gasteiger partial charge is 0.481 e. The van der Waals surface area contributed by atoms with Gasteiger partial charge in [0.25, 0.3) is 0 Å². The van der Waals surface area contributed by atoms with E-state index in [0.29, 0.717) is 12.0 Å². The van der Waals surface area contributed by atoms with Gasteiger partial charge in [0.2, 0.25) is 5.91 Å². The van der Waals surface area contributed by atoms with E-state index in [1.54, 1.807) is 12.1 Å². The zero-order chi connectivity index (χ0) is 19.8. The van der Waals surface area contributed by atoms with Crippen LogP contribution in [0.3, 0.4) is 0 Å². The van der Waals surface area contributed by atoms with Gasteiger partial charge in [-0.2, -0.15) is 0 Å². The maximum atomic E-state index is 12.1. The lowest BCUT2D eigenvalue weighted by Crippen LogP contribution is -2.34. The summed E-state index contributed by atoms with van der Waals surface area (Å²) in [4.78, 5) is 35.6. The number of benzene rings is 2. The Morgan fingerprint density at radius 2 is 1.67 bits per heavy atom. The number of ketones is 1. The number of hydrogen-bond acceptors (Lipinski definition) is 3. The van der Waals surface area contributed by atoms with Crippen molar-refractivity contribution in [3.63, 3.8) is 0 Å². The average molecular weight is 367 g/mol. The topological polar surface area (TPSA) is 83.5 Å². The Labute approximate surface area is 159 Å². The van der Waals surface area contributed by atoms with E-state index in [0.717, 1.165) is 16.7 Å². The summed E-state index contributed by atoms with van der Waals surface area (Å²) >= 11 is 0. The number of aliphatic carboxylic acids is 1. The van der Waals surface area contributed by atoms with Crippen LogP contribution in [0, 0.1) is 19.8 Å². The third-order valence-electron chi connectivity index (χ3n) is 4.41. The number of carbonyl (C=O) groups is 3. The quantitative estimate of drug-likeness (QED) is 0.666. The Morgan fingerprint density at radius 1 is 0.963 bits per heavy atom. The van der Waals surface area contributed by atoms with Crippen molar-refractivity contribution < 1.29 is 19.5 Å². The Kier molecular flexibility index (Phi) is 7.29. The van der Waals surface area contributed by atoms with Gasteiger partial charge < -0.3 is 10.4 Å². The van der Waals surface area contributed by atoms with E-state index in [2.05, 4.69) is 5.32 Å². The highest BCUT2D eigenvalue weighted by Gasteiger charge is 2.19. The lowest BCUT2D eigenvalue weighted by molar-refractivity contribution is -0.141. The van der Waals surface area contributed by atoms with Gasteiger partial charge in [0.05, 0.1) is 5.92 Å². The van der Waals surface area contributed by atoms with Crippen LogP contribution >= 0.6 is 0 Å². The summed E-state index contributed by atoms with van der Waals surface area (Å²) in [5.41, 5.74) is 3.63. The third-order valence-corrected chi connectivity index (χ3v) is 4.41. The van der Waals surface area contributed by atoms with Crippen LogP contribution in [-0.4, -0.2) is 29.3 Å². The highest BCUT2D eigenvalue weighted by molar-refractivity contribution is 5.98. The van der Waals surface area contributed by atoms with Crippen molar-refractivity contribution >= 4 is 17.7 Å². The zero-order valence-corrected chi connectivity index (χ0v) is 15.7. The molecule has 0 saturated carbocycles. The van der Waals surface area contributed by atoms with Crippen molar-refractivity contribution in [3.8, 4) is 0 Å². The van der Waals surface area contributed by atoms with Gasteiger partial charge in [0.15, 0.2) is 5.78 Å². The molecule has 2 N–H and O–H groups in total. The average Bonchev–Trinajstić information content (AvgIpc) is 2.63. The minimum Gasteiger partial charge on any atom is -0.481 e. The summed E-state index contributed by atoms with van der Waals surface area (Å²) in [6, 6.07) is 14.9. The van der Waals surface area contributed by atoms with Crippen molar-refractivity contribution in [2.24, 2.45) is 5.92 Å². The van der Waals surface area contributed by atoms with E-state index in [1.165, 1.54) is 0 Å². The number of carboxylic acid groups (broad SMARTS) is 1. The monoisotopic (exact) mass is 367 g/mol. The Morgan fingerprint density at radius 3 is 2.30 bits per heavy atom. The highest BCUT2D eigenvalue weighted by Crippen LogP contribution is 2.11. The molecule has 5 nitrogen and oxygen atoms in total. The van der Waals surface area contributed by atoms with Crippen LogP contribution in [-0.2, 0) is 16.0 Å². The van der Waals surface area contributed by atoms with Gasteiger partial charge in [-0.25, -0.2) is 0 Å². The van der Waals surface area contributed by atoms with E-state index in [4.69, 9.17) is 0 Å². The summed E-state index contributed by atoms with van der Waals surface area (Å²) in [6.45, 7) is 3.93. The number of amides is 1. The zero-order valence-electron chi connectivity index (χ0n) is 15.7. The first-order valence-electron chi connectivity index (χ1n) is 9.00. The summed E-state index contributed by atoms with van der Waals surface area (Å²) in [6.07, 6.45) is 0.494. The standard InChI is InChI=1S/C22H25NO4/c1-15-6-8-18(9-7-15)20(24)10-11-21(25)23-14-19(22(26)27)13-17-5-3-4-16(2)12-17/h3-9,12,19H,10-11,13-14H2,1-2H3,(H,23,25)(H,26,27). The van der Waals surface area contributed by atoms with Crippen LogP contribution in [0.15, 0.2) is 48.5 Å². The van der Waals surface area contributed by atoms with Crippen LogP contribution in [0.1, 0.15) is 39.9 Å². The second-order valence-electron chi connectivity index (χ2n) is 6.82. The molecule has 0 bridgehead atoms. The fourth-order valence-electron chi connectivity index (χ4n) is 2.81. The van der Waals surface area contributed by atoms with Crippen molar-refractivity contribution in [1.82, 2.24) is 5.32 Å². The predicted molar refractivity (Wildman–Crippen MR) is 104 cm³/mol. The molecule has 142 valence electrons. The molecular formula is C22H25NO4. The molecule has 1 atom stereocenters. The SMILES string of the molecule is Cc1ccc(C(=O)CCC(=O)NCC(Cc2cccc(C)c2)C(=O)O)cc1. The Bertz CT molecular complexity index is 811. The van der Waals surface area contributed by atoms with Crippen LogP contribution < -0.4 is 5.32 Å². The molecule has 1 unspecified atom stereocenters. The molecule has 2 rings (SSSR count). The Balaban J connectivity index is 1.82. The predicted octanol–water partition coefficient (Wildman–Crippen LogP) is 3.33. The van der Waals surface area contributed by atoms with Gasteiger partial charge in [-0.3, -0.25) is 14.4 Å². The minimum absolute atomic E-state index is 0.0425. The first-order chi connectivity index (χ1) is 12.8. The normalized spacial score (nSPS) is 11.6. The molecule has 0 fully saturated rings. The molecule has 0 aliphatic heterocycles. The molecule has 0 aliphatic carbocycles. The van der Waals surface area contributed by atoms with Crippen LogP contribution in [0.25, 0.3) is 0 Å². The second-order valence-corrected chi connectivity index (χ2v) is 6.82. The van der Waals surface area contributed by atoms with E-state index in [1.807, 2.05) is 50.2 Å². The maximum Gasteiger partial charge on any atom is 0.308 e. The molecule has 0 aliphatic rings. The molecule has 0 aromatic heterocycles. The minimum atomic E-state index is -0.951. The van der Waals surface area contributed by atoms with Gasteiger partial charge in [0, 0.05) is 24.9 Å². The third kappa shape index (κ3) is 6.70. The van der Waals surface area contributed by atoms with Crippen LogP contribution in [0.2, 0.25) is 0 Å². The summed E-state index contributed by atoms with van der Waals surface area (Å²) in [7, 11) is 0. The van der Waals surface area contributed by atoms with Gasteiger partial charge in [-0.1, -0.05) is 59.7 Å². The fraction of sp³-hybridized carbons (Fsp3) is 0.318. The molecular weight excluding hydrogens is 342 g/mol. The summed E-state index contributed by atoms with van der Waals surface area (Å²) in [5, 5.41) is 12.0.